The van der Waals surface area contributed by atoms with Gasteiger partial charge in [0.05, 0.1) is 13.0 Å². The molecule has 1 aromatic carbocycles. The molecule has 2 N–H and O–H groups in total. The monoisotopic (exact) mass is 398 g/mol. The largest absolute Gasteiger partial charge is 0.383 e. The van der Waals surface area contributed by atoms with E-state index in [1.807, 2.05) is 18.2 Å². The van der Waals surface area contributed by atoms with Crippen LogP contribution in [0.1, 0.15) is 16.7 Å². The Bertz CT molecular complexity index is 940. The second-order valence-electron chi connectivity index (χ2n) is 5.77. The number of hydrogen-bond donors (Lipinski definition) is 1. The van der Waals surface area contributed by atoms with Gasteiger partial charge in [-0.3, -0.25) is 9.69 Å². The molecule has 0 bridgehead atoms. The Morgan fingerprint density at radius 2 is 2.04 bits per heavy atom. The van der Waals surface area contributed by atoms with Crippen molar-refractivity contribution in [3.63, 3.8) is 0 Å². The Hall–Kier alpha value is -2.74. The lowest BCUT2D eigenvalue weighted by molar-refractivity contribution is -0.117. The van der Waals surface area contributed by atoms with Gasteiger partial charge in [0.25, 0.3) is 5.95 Å². The number of nitrogens with zero attached hydrogens (tertiary/aromatic N) is 5. The molecule has 3 heterocycles. The summed E-state index contributed by atoms with van der Waals surface area (Å²) in [6.07, 6.45) is 3.60. The highest BCUT2D eigenvalue weighted by Gasteiger charge is 2.32. The van der Waals surface area contributed by atoms with Gasteiger partial charge in [0, 0.05) is 23.3 Å². The summed E-state index contributed by atoms with van der Waals surface area (Å²) in [6, 6.07) is 9.86. The van der Waals surface area contributed by atoms with E-state index in [1.54, 1.807) is 23.4 Å². The molecule has 0 fully saturated rings. The zero-order chi connectivity index (χ0) is 17.4. The SMILES string of the molecule is Nc1nc(-n2cccn2)nc2c1CC(=O)N2Cc1cccc(CBr)c1. The van der Waals surface area contributed by atoms with Crippen LogP contribution in [-0.4, -0.2) is 25.7 Å². The molecule has 7 nitrogen and oxygen atoms in total. The van der Waals surface area contributed by atoms with E-state index in [4.69, 9.17) is 5.73 Å². The minimum Gasteiger partial charge on any atom is -0.383 e. The summed E-state index contributed by atoms with van der Waals surface area (Å²) >= 11 is 3.46. The van der Waals surface area contributed by atoms with Crippen LogP contribution in [0.2, 0.25) is 0 Å². The van der Waals surface area contributed by atoms with Gasteiger partial charge in [-0.25, -0.2) is 4.68 Å². The Kier molecular flexibility index (Phi) is 3.96. The number of halogens is 1. The fourth-order valence-corrected chi connectivity index (χ4v) is 3.23. The lowest BCUT2D eigenvalue weighted by Crippen LogP contribution is -2.27. The number of carbonyl (C=O) groups is 1. The van der Waals surface area contributed by atoms with Crippen LogP contribution in [0, 0.1) is 0 Å². The van der Waals surface area contributed by atoms with Crippen LogP contribution in [0.15, 0.2) is 42.7 Å². The number of rotatable bonds is 4. The molecule has 8 heteroatoms. The maximum absolute atomic E-state index is 12.5. The van der Waals surface area contributed by atoms with Gasteiger partial charge in [-0.15, -0.1) is 0 Å². The third kappa shape index (κ3) is 2.89. The number of anilines is 2. The van der Waals surface area contributed by atoms with Crippen molar-refractivity contribution in [1.82, 2.24) is 19.7 Å². The molecule has 0 saturated heterocycles. The molecule has 4 rings (SSSR count). The minimum atomic E-state index is -0.0298. The zero-order valence-electron chi connectivity index (χ0n) is 13.3. The van der Waals surface area contributed by atoms with E-state index in [0.717, 1.165) is 16.5 Å². The first-order chi connectivity index (χ1) is 12.2. The summed E-state index contributed by atoms with van der Waals surface area (Å²) in [5, 5.41) is 4.90. The fourth-order valence-electron chi connectivity index (χ4n) is 2.88. The number of benzene rings is 1. The number of hydrogen-bond acceptors (Lipinski definition) is 5. The highest BCUT2D eigenvalue weighted by molar-refractivity contribution is 9.08. The van der Waals surface area contributed by atoms with Crippen LogP contribution in [0.25, 0.3) is 5.95 Å². The summed E-state index contributed by atoms with van der Waals surface area (Å²) in [7, 11) is 0. The molecule has 0 aliphatic carbocycles. The molecule has 1 amide bonds. The standard InChI is InChI=1S/C17H15BrN6O/c18-9-11-3-1-4-12(7-11)10-23-14(25)8-13-15(19)21-17(22-16(13)23)24-6-2-5-20-24/h1-7H,8-10H2,(H2,19,21,22). The summed E-state index contributed by atoms with van der Waals surface area (Å²) in [5.74, 6) is 1.21. The second-order valence-corrected chi connectivity index (χ2v) is 6.33. The number of aromatic nitrogens is 4. The molecule has 25 heavy (non-hydrogen) atoms. The van der Waals surface area contributed by atoms with Crippen LogP contribution in [0.5, 0.6) is 0 Å². The van der Waals surface area contributed by atoms with E-state index in [1.165, 1.54) is 4.68 Å². The Balaban J connectivity index is 1.73. The van der Waals surface area contributed by atoms with E-state index in [2.05, 4.69) is 37.1 Å². The Morgan fingerprint density at radius 1 is 1.20 bits per heavy atom. The number of carbonyl (C=O) groups excluding carboxylic acids is 1. The normalized spacial score (nSPS) is 13.3. The van der Waals surface area contributed by atoms with Crippen molar-refractivity contribution < 1.29 is 4.79 Å². The van der Waals surface area contributed by atoms with Gasteiger partial charge in [-0.05, 0) is 17.2 Å². The van der Waals surface area contributed by atoms with Gasteiger partial charge >= 0.3 is 0 Å². The number of fused-ring (bicyclic) bond motifs is 1. The van der Waals surface area contributed by atoms with Crippen LogP contribution < -0.4 is 10.6 Å². The fraction of sp³-hybridized carbons (Fsp3) is 0.176. The molecule has 0 saturated carbocycles. The van der Waals surface area contributed by atoms with Crippen LogP contribution in [0.3, 0.4) is 0 Å². The molecule has 0 spiro atoms. The molecule has 0 unspecified atom stereocenters. The molecule has 0 radical (unpaired) electrons. The first kappa shape index (κ1) is 15.8. The van der Waals surface area contributed by atoms with Gasteiger partial charge in [0.2, 0.25) is 5.91 Å². The highest BCUT2D eigenvalue weighted by Crippen LogP contribution is 2.32. The summed E-state index contributed by atoms with van der Waals surface area (Å²) in [4.78, 5) is 23.0. The quantitative estimate of drug-likeness (QED) is 0.680. The molecule has 1 aliphatic heterocycles. The maximum Gasteiger partial charge on any atom is 0.254 e. The summed E-state index contributed by atoms with van der Waals surface area (Å²) in [6.45, 7) is 0.446. The predicted molar refractivity (Wildman–Crippen MR) is 97.5 cm³/mol. The molecular weight excluding hydrogens is 384 g/mol. The summed E-state index contributed by atoms with van der Waals surface area (Å²) in [5.41, 5.74) is 8.94. The number of amides is 1. The van der Waals surface area contributed by atoms with E-state index < -0.39 is 0 Å². The number of nitrogens with two attached hydrogens (primary N) is 1. The first-order valence-electron chi connectivity index (χ1n) is 7.76. The Morgan fingerprint density at radius 3 is 2.80 bits per heavy atom. The Labute approximate surface area is 152 Å². The third-order valence-electron chi connectivity index (χ3n) is 4.09. The maximum atomic E-state index is 12.5. The summed E-state index contributed by atoms with van der Waals surface area (Å²) < 4.78 is 1.53. The van der Waals surface area contributed by atoms with Crippen LogP contribution in [-0.2, 0) is 23.1 Å². The zero-order valence-corrected chi connectivity index (χ0v) is 14.8. The van der Waals surface area contributed by atoms with Crippen molar-refractivity contribution in [3.05, 3.63) is 59.4 Å². The van der Waals surface area contributed by atoms with E-state index in [-0.39, 0.29) is 12.3 Å². The van der Waals surface area contributed by atoms with Crippen molar-refractivity contribution in [1.29, 1.82) is 0 Å². The van der Waals surface area contributed by atoms with Gasteiger partial charge < -0.3 is 5.73 Å². The average Bonchev–Trinajstić information content (AvgIpc) is 3.25. The van der Waals surface area contributed by atoms with Crippen molar-refractivity contribution in [2.45, 2.75) is 18.3 Å². The molecule has 0 atom stereocenters. The molecule has 3 aromatic rings. The smallest absolute Gasteiger partial charge is 0.254 e. The number of alkyl halides is 1. The minimum absolute atomic E-state index is 0.0298. The predicted octanol–water partition coefficient (Wildman–Crippen LogP) is 2.23. The third-order valence-corrected chi connectivity index (χ3v) is 4.73. The lowest BCUT2D eigenvalue weighted by Gasteiger charge is -2.17. The highest BCUT2D eigenvalue weighted by atomic mass is 79.9. The van der Waals surface area contributed by atoms with E-state index in [9.17, 15) is 4.79 Å². The second kappa shape index (κ2) is 6.29. The molecule has 2 aromatic heterocycles. The topological polar surface area (TPSA) is 89.9 Å². The van der Waals surface area contributed by atoms with Gasteiger partial charge in [-0.1, -0.05) is 40.2 Å². The van der Waals surface area contributed by atoms with E-state index in [0.29, 0.717) is 29.7 Å². The van der Waals surface area contributed by atoms with Gasteiger partial charge in [-0.2, -0.15) is 15.1 Å². The molecule has 126 valence electrons. The molecule has 1 aliphatic rings. The van der Waals surface area contributed by atoms with Crippen LogP contribution >= 0.6 is 15.9 Å². The van der Waals surface area contributed by atoms with Crippen molar-refractivity contribution in [3.8, 4) is 5.95 Å². The van der Waals surface area contributed by atoms with Gasteiger partial charge in [0.1, 0.15) is 11.6 Å². The van der Waals surface area contributed by atoms with Crippen molar-refractivity contribution in [2.24, 2.45) is 0 Å². The lowest BCUT2D eigenvalue weighted by atomic mass is 10.1. The molecular formula is C17H15BrN6O. The van der Waals surface area contributed by atoms with Crippen LogP contribution in [0.4, 0.5) is 11.6 Å². The van der Waals surface area contributed by atoms with E-state index >= 15 is 0 Å². The van der Waals surface area contributed by atoms with Crippen molar-refractivity contribution >= 4 is 33.5 Å². The van der Waals surface area contributed by atoms with Crippen molar-refractivity contribution in [2.75, 3.05) is 10.6 Å². The van der Waals surface area contributed by atoms with Gasteiger partial charge in [0.15, 0.2) is 0 Å². The average molecular weight is 399 g/mol. The number of nitrogen functional groups attached to an aromatic ring is 1. The first-order valence-corrected chi connectivity index (χ1v) is 8.88.